The van der Waals surface area contributed by atoms with Crippen LogP contribution < -0.4 is 5.73 Å². The van der Waals surface area contributed by atoms with Crippen LogP contribution in [0.5, 0.6) is 0 Å². The number of amides is 1. The Morgan fingerprint density at radius 2 is 1.74 bits per heavy atom. The summed E-state index contributed by atoms with van der Waals surface area (Å²) in [5.41, 5.74) is 6.63. The third-order valence-electron chi connectivity index (χ3n) is 2.70. The summed E-state index contributed by atoms with van der Waals surface area (Å²) < 4.78 is 0. The lowest BCUT2D eigenvalue weighted by Crippen LogP contribution is -2.11. The normalized spacial score (nSPS) is 10.2. The topological polar surface area (TPSA) is 80.4 Å². The van der Waals surface area contributed by atoms with Crippen molar-refractivity contribution < 1.29 is 14.7 Å². The Hall–Kier alpha value is -2.33. The molecule has 0 radical (unpaired) electrons. The number of halogens is 1. The summed E-state index contributed by atoms with van der Waals surface area (Å²) in [6.07, 6.45) is 0. The molecule has 0 aliphatic heterocycles. The summed E-state index contributed by atoms with van der Waals surface area (Å²) in [4.78, 5) is 22.4. The number of aromatic carboxylic acids is 1. The van der Waals surface area contributed by atoms with Crippen LogP contribution in [0, 0.1) is 0 Å². The molecule has 4 nitrogen and oxygen atoms in total. The molecule has 2 aromatic rings. The average molecular weight is 276 g/mol. The van der Waals surface area contributed by atoms with E-state index in [-0.39, 0.29) is 16.1 Å². The minimum absolute atomic E-state index is 0.153. The lowest BCUT2D eigenvalue weighted by atomic mass is 9.98. The SMILES string of the molecule is NC(=O)c1cc(-c2ccccc2C(=O)O)ccc1Cl. The lowest BCUT2D eigenvalue weighted by Gasteiger charge is -2.08. The number of carboxylic acid groups (broad SMARTS) is 1. The Labute approximate surface area is 114 Å². The van der Waals surface area contributed by atoms with Crippen molar-refractivity contribution in [3.63, 3.8) is 0 Å². The molecule has 0 spiro atoms. The molecule has 0 bridgehead atoms. The van der Waals surface area contributed by atoms with E-state index in [1.807, 2.05) is 0 Å². The molecule has 1 amide bonds. The molecule has 0 aromatic heterocycles. The van der Waals surface area contributed by atoms with Crippen LogP contribution in [0.4, 0.5) is 0 Å². The first-order valence-electron chi connectivity index (χ1n) is 5.42. The molecular formula is C14H10ClNO3. The minimum Gasteiger partial charge on any atom is -0.478 e. The zero-order valence-electron chi connectivity index (χ0n) is 9.76. The van der Waals surface area contributed by atoms with Crippen molar-refractivity contribution in [3.8, 4) is 11.1 Å². The van der Waals surface area contributed by atoms with Crippen LogP contribution in [0.3, 0.4) is 0 Å². The fourth-order valence-electron chi connectivity index (χ4n) is 1.80. The summed E-state index contributed by atoms with van der Waals surface area (Å²) in [6, 6.07) is 11.2. The highest BCUT2D eigenvalue weighted by atomic mass is 35.5. The van der Waals surface area contributed by atoms with Gasteiger partial charge in [0, 0.05) is 0 Å². The maximum atomic E-state index is 11.2. The molecule has 0 aliphatic rings. The second-order valence-electron chi connectivity index (χ2n) is 3.91. The Morgan fingerprint density at radius 1 is 1.05 bits per heavy atom. The van der Waals surface area contributed by atoms with E-state index in [0.717, 1.165) is 0 Å². The molecule has 0 atom stereocenters. The van der Waals surface area contributed by atoms with Crippen molar-refractivity contribution >= 4 is 23.5 Å². The third kappa shape index (κ3) is 2.58. The van der Waals surface area contributed by atoms with Crippen molar-refractivity contribution in [2.75, 3.05) is 0 Å². The van der Waals surface area contributed by atoms with Gasteiger partial charge in [0.15, 0.2) is 0 Å². The summed E-state index contributed by atoms with van der Waals surface area (Å²) >= 11 is 5.86. The second-order valence-corrected chi connectivity index (χ2v) is 4.32. The molecule has 2 rings (SSSR count). The van der Waals surface area contributed by atoms with Gasteiger partial charge in [0.25, 0.3) is 0 Å². The molecule has 0 saturated heterocycles. The zero-order chi connectivity index (χ0) is 14.0. The van der Waals surface area contributed by atoms with Crippen LogP contribution in [-0.2, 0) is 0 Å². The van der Waals surface area contributed by atoms with Crippen molar-refractivity contribution in [1.82, 2.24) is 0 Å². The van der Waals surface area contributed by atoms with Crippen LogP contribution in [-0.4, -0.2) is 17.0 Å². The number of rotatable bonds is 3. The molecule has 19 heavy (non-hydrogen) atoms. The molecule has 2 aromatic carbocycles. The zero-order valence-corrected chi connectivity index (χ0v) is 10.5. The first-order valence-corrected chi connectivity index (χ1v) is 5.80. The third-order valence-corrected chi connectivity index (χ3v) is 3.03. The van der Waals surface area contributed by atoms with Crippen LogP contribution >= 0.6 is 11.6 Å². The van der Waals surface area contributed by atoms with Crippen molar-refractivity contribution in [1.29, 1.82) is 0 Å². The molecule has 96 valence electrons. The van der Waals surface area contributed by atoms with E-state index in [2.05, 4.69) is 0 Å². The Bertz CT molecular complexity index is 667. The van der Waals surface area contributed by atoms with Gasteiger partial charge in [0.1, 0.15) is 0 Å². The van der Waals surface area contributed by atoms with Gasteiger partial charge in [-0.05, 0) is 29.3 Å². The predicted molar refractivity (Wildman–Crippen MR) is 72.4 cm³/mol. The first kappa shape index (κ1) is 13.1. The summed E-state index contributed by atoms with van der Waals surface area (Å²) in [5, 5.41) is 9.38. The maximum Gasteiger partial charge on any atom is 0.336 e. The van der Waals surface area contributed by atoms with E-state index in [4.69, 9.17) is 22.4 Å². The van der Waals surface area contributed by atoms with E-state index in [9.17, 15) is 9.59 Å². The quantitative estimate of drug-likeness (QED) is 0.904. The van der Waals surface area contributed by atoms with Crippen LogP contribution in [0.25, 0.3) is 11.1 Å². The molecule has 0 unspecified atom stereocenters. The average Bonchev–Trinajstić information content (AvgIpc) is 2.39. The van der Waals surface area contributed by atoms with Crippen LogP contribution in [0.1, 0.15) is 20.7 Å². The number of carboxylic acids is 1. The van der Waals surface area contributed by atoms with E-state index < -0.39 is 11.9 Å². The minimum atomic E-state index is -1.04. The number of nitrogens with two attached hydrogens (primary N) is 1. The fourth-order valence-corrected chi connectivity index (χ4v) is 2.01. The Morgan fingerprint density at radius 3 is 2.37 bits per heavy atom. The molecule has 0 heterocycles. The van der Waals surface area contributed by atoms with Gasteiger partial charge in [-0.25, -0.2) is 4.79 Å². The summed E-state index contributed by atoms with van der Waals surface area (Å²) in [6.45, 7) is 0. The van der Waals surface area contributed by atoms with Crippen LogP contribution in [0.2, 0.25) is 5.02 Å². The highest BCUT2D eigenvalue weighted by molar-refractivity contribution is 6.33. The van der Waals surface area contributed by atoms with Gasteiger partial charge in [-0.15, -0.1) is 0 Å². The van der Waals surface area contributed by atoms with E-state index in [0.29, 0.717) is 11.1 Å². The fraction of sp³-hybridized carbons (Fsp3) is 0. The smallest absolute Gasteiger partial charge is 0.336 e. The molecule has 5 heteroatoms. The molecule has 0 aliphatic carbocycles. The maximum absolute atomic E-state index is 11.2. The summed E-state index contributed by atoms with van der Waals surface area (Å²) in [5.74, 6) is -1.69. The summed E-state index contributed by atoms with van der Waals surface area (Å²) in [7, 11) is 0. The van der Waals surface area contributed by atoms with Crippen molar-refractivity contribution in [2.24, 2.45) is 5.73 Å². The van der Waals surface area contributed by atoms with E-state index in [1.54, 1.807) is 24.3 Å². The number of benzene rings is 2. The molecule has 0 fully saturated rings. The van der Waals surface area contributed by atoms with E-state index >= 15 is 0 Å². The first-order chi connectivity index (χ1) is 9.00. The predicted octanol–water partition coefficient (Wildman–Crippen LogP) is 2.80. The number of primary amides is 1. The van der Waals surface area contributed by atoms with Crippen molar-refractivity contribution in [2.45, 2.75) is 0 Å². The number of hydrogen-bond donors (Lipinski definition) is 2. The van der Waals surface area contributed by atoms with Gasteiger partial charge in [-0.2, -0.15) is 0 Å². The van der Waals surface area contributed by atoms with Gasteiger partial charge in [0.2, 0.25) is 5.91 Å². The monoisotopic (exact) mass is 275 g/mol. The second kappa shape index (κ2) is 5.12. The number of hydrogen-bond acceptors (Lipinski definition) is 2. The Kier molecular flexibility index (Phi) is 3.53. The van der Waals surface area contributed by atoms with Gasteiger partial charge in [0.05, 0.1) is 16.1 Å². The van der Waals surface area contributed by atoms with Crippen molar-refractivity contribution in [3.05, 3.63) is 58.6 Å². The highest BCUT2D eigenvalue weighted by Gasteiger charge is 2.13. The largest absolute Gasteiger partial charge is 0.478 e. The lowest BCUT2D eigenvalue weighted by molar-refractivity contribution is 0.0697. The number of carbonyl (C=O) groups excluding carboxylic acids is 1. The van der Waals surface area contributed by atoms with Gasteiger partial charge >= 0.3 is 5.97 Å². The van der Waals surface area contributed by atoms with E-state index in [1.165, 1.54) is 18.2 Å². The molecule has 3 N–H and O–H groups in total. The van der Waals surface area contributed by atoms with Crippen LogP contribution in [0.15, 0.2) is 42.5 Å². The van der Waals surface area contributed by atoms with Gasteiger partial charge in [-0.1, -0.05) is 35.9 Å². The standard InChI is InChI=1S/C14H10ClNO3/c15-12-6-5-8(7-11(12)13(16)17)9-3-1-2-4-10(9)14(18)19/h1-7H,(H2,16,17)(H,18,19). The molecular weight excluding hydrogens is 266 g/mol. The highest BCUT2D eigenvalue weighted by Crippen LogP contribution is 2.27. The molecule has 0 saturated carbocycles. The van der Waals surface area contributed by atoms with Gasteiger partial charge < -0.3 is 10.8 Å². The Balaban J connectivity index is 2.63. The van der Waals surface area contributed by atoms with Gasteiger partial charge in [-0.3, -0.25) is 4.79 Å². The number of carbonyl (C=O) groups is 2.